The molecule has 1 aliphatic rings. The number of unbranched alkanes of at least 4 members (excludes halogenated alkanes) is 1. The minimum Gasteiger partial charge on any atom is -0.355 e. The van der Waals surface area contributed by atoms with E-state index in [9.17, 15) is 13.2 Å². The van der Waals surface area contributed by atoms with Crippen molar-refractivity contribution in [3.05, 3.63) is 30.3 Å². The van der Waals surface area contributed by atoms with E-state index in [-0.39, 0.29) is 10.8 Å². The highest BCUT2D eigenvalue weighted by molar-refractivity contribution is 7.89. The molecule has 0 aliphatic carbocycles. The Kier molecular flexibility index (Phi) is 5.36. The first kappa shape index (κ1) is 16.0. The minimum absolute atomic E-state index is 0.180. The van der Waals surface area contributed by atoms with E-state index in [0.29, 0.717) is 19.5 Å². The van der Waals surface area contributed by atoms with Gasteiger partial charge in [-0.25, -0.2) is 8.42 Å². The van der Waals surface area contributed by atoms with Crippen molar-refractivity contribution < 1.29 is 13.2 Å². The summed E-state index contributed by atoms with van der Waals surface area (Å²) in [6, 6.07) is 7.72. The molecule has 1 heterocycles. The maximum atomic E-state index is 12.6. The number of carbonyl (C=O) groups excluding carboxylic acids is 1. The molecular formula is C15H22N2O3S. The van der Waals surface area contributed by atoms with Gasteiger partial charge in [-0.1, -0.05) is 31.5 Å². The van der Waals surface area contributed by atoms with Crippen molar-refractivity contribution in [2.75, 3.05) is 13.1 Å². The van der Waals surface area contributed by atoms with Crippen molar-refractivity contribution in [2.24, 2.45) is 0 Å². The molecule has 2 rings (SSSR count). The fourth-order valence-electron chi connectivity index (χ4n) is 2.52. The topological polar surface area (TPSA) is 66.5 Å². The summed E-state index contributed by atoms with van der Waals surface area (Å²) in [6.45, 7) is 3.06. The predicted molar refractivity (Wildman–Crippen MR) is 81.3 cm³/mol. The third kappa shape index (κ3) is 3.63. The molecule has 116 valence electrons. The molecule has 1 fully saturated rings. The van der Waals surface area contributed by atoms with E-state index in [1.54, 1.807) is 30.3 Å². The summed E-state index contributed by atoms with van der Waals surface area (Å²) in [4.78, 5) is 12.4. The minimum atomic E-state index is -3.59. The van der Waals surface area contributed by atoms with Crippen LogP contribution in [0, 0.1) is 0 Å². The smallest absolute Gasteiger partial charge is 0.243 e. The number of nitrogens with one attached hydrogen (secondary N) is 1. The molecule has 1 saturated heterocycles. The largest absolute Gasteiger partial charge is 0.355 e. The third-order valence-electron chi connectivity index (χ3n) is 3.69. The highest BCUT2D eigenvalue weighted by atomic mass is 32.2. The second-order valence-corrected chi connectivity index (χ2v) is 7.12. The van der Waals surface area contributed by atoms with Crippen molar-refractivity contribution in [1.82, 2.24) is 9.62 Å². The molecule has 1 aliphatic heterocycles. The van der Waals surface area contributed by atoms with Gasteiger partial charge in [0.2, 0.25) is 15.9 Å². The predicted octanol–water partition coefficient (Wildman–Crippen LogP) is 1.76. The van der Waals surface area contributed by atoms with E-state index >= 15 is 0 Å². The van der Waals surface area contributed by atoms with Gasteiger partial charge in [0.1, 0.15) is 6.04 Å². The van der Waals surface area contributed by atoms with E-state index in [4.69, 9.17) is 0 Å². The SMILES string of the molecule is CCCCNC(=O)C1CCCN1S(=O)(=O)c1ccccc1. The van der Waals surface area contributed by atoms with Crippen LogP contribution >= 0.6 is 0 Å². The lowest BCUT2D eigenvalue weighted by molar-refractivity contribution is -0.124. The molecule has 0 spiro atoms. The van der Waals surface area contributed by atoms with Crippen molar-refractivity contribution in [3.63, 3.8) is 0 Å². The first-order chi connectivity index (χ1) is 10.1. The number of hydrogen-bond donors (Lipinski definition) is 1. The molecule has 1 atom stereocenters. The molecule has 0 radical (unpaired) electrons. The van der Waals surface area contributed by atoms with Crippen molar-refractivity contribution in [2.45, 2.75) is 43.5 Å². The lowest BCUT2D eigenvalue weighted by atomic mass is 10.2. The monoisotopic (exact) mass is 310 g/mol. The second-order valence-electron chi connectivity index (χ2n) is 5.23. The lowest BCUT2D eigenvalue weighted by Crippen LogP contribution is -2.46. The number of rotatable bonds is 6. The Labute approximate surface area is 126 Å². The molecule has 5 nitrogen and oxygen atoms in total. The van der Waals surface area contributed by atoms with Crippen LogP contribution in [0.15, 0.2) is 35.2 Å². The second kappa shape index (κ2) is 7.04. The molecule has 0 aromatic heterocycles. The average Bonchev–Trinajstić information content (AvgIpc) is 2.98. The van der Waals surface area contributed by atoms with Gasteiger partial charge in [-0.2, -0.15) is 4.31 Å². The first-order valence-electron chi connectivity index (χ1n) is 7.42. The highest BCUT2D eigenvalue weighted by Gasteiger charge is 2.39. The molecule has 6 heteroatoms. The maximum absolute atomic E-state index is 12.6. The van der Waals surface area contributed by atoms with Crippen molar-refractivity contribution >= 4 is 15.9 Å². The molecule has 1 amide bonds. The van der Waals surface area contributed by atoms with E-state index in [2.05, 4.69) is 5.32 Å². The molecular weight excluding hydrogens is 288 g/mol. The Bertz CT molecular complexity index is 572. The zero-order chi connectivity index (χ0) is 15.3. The molecule has 1 N–H and O–H groups in total. The quantitative estimate of drug-likeness (QED) is 0.814. The van der Waals surface area contributed by atoms with E-state index < -0.39 is 16.1 Å². The molecule has 0 bridgehead atoms. The normalized spacial score (nSPS) is 19.6. The zero-order valence-corrected chi connectivity index (χ0v) is 13.1. The van der Waals surface area contributed by atoms with Gasteiger partial charge in [0.15, 0.2) is 0 Å². The Hall–Kier alpha value is -1.40. The zero-order valence-electron chi connectivity index (χ0n) is 12.3. The summed E-state index contributed by atoms with van der Waals surface area (Å²) < 4.78 is 26.6. The number of carbonyl (C=O) groups is 1. The standard InChI is InChI=1S/C15H22N2O3S/c1-2-3-11-16-15(18)14-10-7-12-17(14)21(19,20)13-8-5-4-6-9-13/h4-6,8-9,14H,2-3,7,10-12H2,1H3,(H,16,18). The highest BCUT2D eigenvalue weighted by Crippen LogP contribution is 2.26. The Morgan fingerprint density at radius 1 is 1.33 bits per heavy atom. The van der Waals surface area contributed by atoms with Gasteiger partial charge in [-0.3, -0.25) is 4.79 Å². The van der Waals surface area contributed by atoms with E-state index in [1.165, 1.54) is 4.31 Å². The lowest BCUT2D eigenvalue weighted by Gasteiger charge is -2.23. The van der Waals surface area contributed by atoms with Crippen LogP contribution in [0.5, 0.6) is 0 Å². The number of benzene rings is 1. The van der Waals surface area contributed by atoms with Crippen molar-refractivity contribution in [3.8, 4) is 0 Å². The Balaban J connectivity index is 2.13. The van der Waals surface area contributed by atoms with Gasteiger partial charge in [0, 0.05) is 13.1 Å². The summed E-state index contributed by atoms with van der Waals surface area (Å²) >= 11 is 0. The maximum Gasteiger partial charge on any atom is 0.243 e. The molecule has 1 aromatic carbocycles. The number of nitrogens with zero attached hydrogens (tertiary/aromatic N) is 1. The molecule has 21 heavy (non-hydrogen) atoms. The van der Waals surface area contributed by atoms with Crippen molar-refractivity contribution in [1.29, 1.82) is 0 Å². The van der Waals surface area contributed by atoms with Crippen LogP contribution in [0.4, 0.5) is 0 Å². The third-order valence-corrected chi connectivity index (χ3v) is 5.61. The van der Waals surface area contributed by atoms with Gasteiger partial charge >= 0.3 is 0 Å². The molecule has 1 aromatic rings. The van der Waals surface area contributed by atoms with Gasteiger partial charge < -0.3 is 5.32 Å². The summed E-state index contributed by atoms with van der Waals surface area (Å²) in [5.41, 5.74) is 0. The summed E-state index contributed by atoms with van der Waals surface area (Å²) in [7, 11) is -3.59. The van der Waals surface area contributed by atoms with Gasteiger partial charge in [-0.05, 0) is 31.4 Å². The van der Waals surface area contributed by atoms with Crippen LogP contribution in [-0.2, 0) is 14.8 Å². The van der Waals surface area contributed by atoms with Crippen LogP contribution in [0.1, 0.15) is 32.6 Å². The first-order valence-corrected chi connectivity index (χ1v) is 8.86. The van der Waals surface area contributed by atoms with Crippen LogP contribution in [-0.4, -0.2) is 37.8 Å². The van der Waals surface area contributed by atoms with Crippen LogP contribution in [0.2, 0.25) is 0 Å². The molecule has 0 saturated carbocycles. The average molecular weight is 310 g/mol. The number of amides is 1. The van der Waals surface area contributed by atoms with Gasteiger partial charge in [0.25, 0.3) is 0 Å². The van der Waals surface area contributed by atoms with Crippen LogP contribution < -0.4 is 5.32 Å². The van der Waals surface area contributed by atoms with Gasteiger partial charge in [-0.15, -0.1) is 0 Å². The van der Waals surface area contributed by atoms with E-state index in [0.717, 1.165) is 19.3 Å². The van der Waals surface area contributed by atoms with E-state index in [1.807, 2.05) is 6.92 Å². The van der Waals surface area contributed by atoms with Gasteiger partial charge in [0.05, 0.1) is 4.90 Å². The molecule has 1 unspecified atom stereocenters. The summed E-state index contributed by atoms with van der Waals surface area (Å²) in [5.74, 6) is -0.180. The number of sulfonamides is 1. The van der Waals surface area contributed by atoms with Crippen LogP contribution in [0.3, 0.4) is 0 Å². The Morgan fingerprint density at radius 2 is 2.05 bits per heavy atom. The number of hydrogen-bond acceptors (Lipinski definition) is 3. The fourth-order valence-corrected chi connectivity index (χ4v) is 4.20. The summed E-state index contributed by atoms with van der Waals surface area (Å²) in [5, 5.41) is 2.83. The fraction of sp³-hybridized carbons (Fsp3) is 0.533. The van der Waals surface area contributed by atoms with Crippen LogP contribution in [0.25, 0.3) is 0 Å². The Morgan fingerprint density at radius 3 is 2.71 bits per heavy atom. The summed E-state index contributed by atoms with van der Waals surface area (Å²) in [6.07, 6.45) is 3.21.